The highest BCUT2D eigenvalue weighted by Crippen LogP contribution is 2.43. The Bertz CT molecular complexity index is 1830. The summed E-state index contributed by atoms with van der Waals surface area (Å²) in [6.07, 6.45) is -2.19. The molecule has 53 heavy (non-hydrogen) atoms. The summed E-state index contributed by atoms with van der Waals surface area (Å²) < 4.78 is 82.0. The molecule has 4 unspecified atom stereocenters. The number of aromatic nitrogens is 4. The van der Waals surface area contributed by atoms with E-state index >= 15 is 4.39 Å². The van der Waals surface area contributed by atoms with E-state index in [0.717, 1.165) is 25.1 Å². The summed E-state index contributed by atoms with van der Waals surface area (Å²) in [4.78, 5) is 28.0. The summed E-state index contributed by atoms with van der Waals surface area (Å²) >= 11 is 6.75. The molecule has 5 aliphatic rings. The van der Waals surface area contributed by atoms with Crippen LogP contribution in [-0.4, -0.2) is 99.2 Å². The number of rotatable bonds is 5. The molecular weight excluding hydrogens is 727 g/mol. The summed E-state index contributed by atoms with van der Waals surface area (Å²) in [6, 6.07) is 2.22. The Labute approximate surface area is 308 Å². The van der Waals surface area contributed by atoms with Crippen molar-refractivity contribution in [2.24, 2.45) is 5.92 Å². The van der Waals surface area contributed by atoms with E-state index in [9.17, 15) is 27.5 Å². The van der Waals surface area contributed by atoms with Crippen molar-refractivity contribution in [3.05, 3.63) is 56.7 Å². The first-order valence-electron chi connectivity index (χ1n) is 17.8. The predicted molar refractivity (Wildman–Crippen MR) is 184 cm³/mol. The van der Waals surface area contributed by atoms with Gasteiger partial charge in [0.1, 0.15) is 12.0 Å². The van der Waals surface area contributed by atoms with Gasteiger partial charge in [-0.2, -0.15) is 28.2 Å². The number of aliphatic hydroxyl groups is 1. The van der Waals surface area contributed by atoms with Gasteiger partial charge in [0.25, 0.3) is 5.91 Å². The second-order valence-electron chi connectivity index (χ2n) is 14.2. The van der Waals surface area contributed by atoms with E-state index in [1.54, 1.807) is 9.58 Å². The molecule has 8 rings (SSSR count). The molecular formula is C35H42ClF5N8O4. The van der Waals surface area contributed by atoms with Crippen molar-refractivity contribution in [3.8, 4) is 6.01 Å². The Morgan fingerprint density at radius 3 is 2.66 bits per heavy atom. The summed E-state index contributed by atoms with van der Waals surface area (Å²) in [5, 5.41) is 14.2. The highest BCUT2D eigenvalue weighted by Gasteiger charge is 2.41. The van der Waals surface area contributed by atoms with Crippen LogP contribution < -0.4 is 15.4 Å². The van der Waals surface area contributed by atoms with Gasteiger partial charge < -0.3 is 30.1 Å². The normalized spacial score (nSPS) is 24.3. The molecule has 7 heterocycles. The standard InChI is InChI=1S/C28H30ClF4N7O4.C7H12FN/c1-43-27-35-18-9-20(21-16(28(31,32)33)3-4-17(34)23(21)30)44-13-15(18)25(36-27)38-6-2-7-40-19(11-38)22(29)24(37-40)26(42)39-8-5-14(10-39)12-41;8-6-4-7-2-1-3-9(7)5-6/h3-4,14,20,41H,2,5-13,34H2,1H3;6-7H,1-5H2. The summed E-state index contributed by atoms with van der Waals surface area (Å²) in [6.45, 7) is 3.80. The number of nitrogens with two attached hydrogens (primary N) is 1. The van der Waals surface area contributed by atoms with Gasteiger partial charge in [0.2, 0.25) is 0 Å². The molecule has 1 amide bonds. The molecule has 18 heteroatoms. The van der Waals surface area contributed by atoms with Crippen molar-refractivity contribution in [2.45, 2.75) is 82.7 Å². The molecule has 288 valence electrons. The van der Waals surface area contributed by atoms with Crippen molar-refractivity contribution in [1.82, 2.24) is 29.5 Å². The first-order chi connectivity index (χ1) is 25.4. The molecule has 0 aliphatic carbocycles. The van der Waals surface area contributed by atoms with Crippen LogP contribution in [0.5, 0.6) is 6.01 Å². The number of aliphatic hydroxyl groups excluding tert-OH is 1. The molecule has 3 N–H and O–H groups in total. The van der Waals surface area contributed by atoms with E-state index in [2.05, 4.69) is 20.0 Å². The minimum absolute atomic E-state index is 0.00117. The number of alkyl halides is 4. The number of carbonyl (C=O) groups excluding carboxylic acids is 1. The number of nitrogen functional groups attached to an aromatic ring is 1. The number of hydrogen-bond acceptors (Lipinski definition) is 10. The highest BCUT2D eigenvalue weighted by atomic mass is 35.5. The summed E-state index contributed by atoms with van der Waals surface area (Å²) in [7, 11) is 1.37. The van der Waals surface area contributed by atoms with Gasteiger partial charge in [0, 0.05) is 68.8 Å². The van der Waals surface area contributed by atoms with E-state index < -0.39 is 41.1 Å². The lowest BCUT2D eigenvalue weighted by molar-refractivity contribution is -0.140. The number of halogens is 6. The molecule has 3 aromatic rings. The predicted octanol–water partition coefficient (Wildman–Crippen LogP) is 4.95. The van der Waals surface area contributed by atoms with Crippen molar-refractivity contribution in [1.29, 1.82) is 0 Å². The monoisotopic (exact) mass is 768 g/mol. The zero-order valence-electron chi connectivity index (χ0n) is 29.2. The van der Waals surface area contributed by atoms with E-state index in [-0.39, 0.29) is 54.7 Å². The Morgan fingerprint density at radius 1 is 1.13 bits per heavy atom. The fourth-order valence-electron chi connectivity index (χ4n) is 8.08. The van der Waals surface area contributed by atoms with Gasteiger partial charge in [-0.3, -0.25) is 14.4 Å². The number of fused-ring (bicyclic) bond motifs is 3. The van der Waals surface area contributed by atoms with Crippen LogP contribution in [0.1, 0.15) is 76.8 Å². The lowest BCUT2D eigenvalue weighted by Crippen LogP contribution is -2.30. The van der Waals surface area contributed by atoms with Crippen molar-refractivity contribution in [2.75, 3.05) is 57.1 Å². The van der Waals surface area contributed by atoms with Crippen LogP contribution in [0.4, 0.5) is 33.5 Å². The van der Waals surface area contributed by atoms with Crippen LogP contribution >= 0.6 is 11.6 Å². The van der Waals surface area contributed by atoms with Gasteiger partial charge in [0.15, 0.2) is 11.5 Å². The minimum Gasteiger partial charge on any atom is -0.467 e. The van der Waals surface area contributed by atoms with Crippen molar-refractivity contribution >= 4 is 29.0 Å². The molecule has 3 saturated heterocycles. The van der Waals surface area contributed by atoms with Crippen LogP contribution in [0.15, 0.2) is 12.1 Å². The zero-order chi connectivity index (χ0) is 37.6. The lowest BCUT2D eigenvalue weighted by Gasteiger charge is -2.31. The quantitative estimate of drug-likeness (QED) is 0.272. The number of methoxy groups -OCH3 is 1. The number of carbonyl (C=O) groups is 1. The maximum absolute atomic E-state index is 15.1. The van der Waals surface area contributed by atoms with E-state index in [1.165, 1.54) is 20.0 Å². The molecule has 2 aromatic heterocycles. The molecule has 0 saturated carbocycles. The third kappa shape index (κ3) is 7.49. The number of aryl methyl sites for hydroxylation is 1. The van der Waals surface area contributed by atoms with Gasteiger partial charge in [-0.05, 0) is 50.8 Å². The van der Waals surface area contributed by atoms with E-state index in [0.29, 0.717) is 74.4 Å². The molecule has 5 aliphatic heterocycles. The maximum atomic E-state index is 15.1. The number of nitrogens with zero attached hydrogens (tertiary/aromatic N) is 7. The fraction of sp³-hybridized carbons (Fsp3) is 0.600. The third-order valence-corrected chi connectivity index (χ3v) is 11.2. The average molecular weight is 769 g/mol. The largest absolute Gasteiger partial charge is 0.467 e. The molecule has 1 aromatic carbocycles. The van der Waals surface area contributed by atoms with Crippen LogP contribution in [0.25, 0.3) is 0 Å². The first kappa shape index (κ1) is 37.5. The molecule has 12 nitrogen and oxygen atoms in total. The first-order valence-corrected chi connectivity index (χ1v) is 18.2. The van der Waals surface area contributed by atoms with Gasteiger partial charge in [-0.25, -0.2) is 8.78 Å². The fourth-order valence-corrected chi connectivity index (χ4v) is 8.36. The summed E-state index contributed by atoms with van der Waals surface area (Å²) in [5.74, 6) is -1.04. The second-order valence-corrected chi connectivity index (χ2v) is 14.6. The van der Waals surface area contributed by atoms with Gasteiger partial charge in [-0.15, -0.1) is 0 Å². The van der Waals surface area contributed by atoms with Gasteiger partial charge >= 0.3 is 12.2 Å². The van der Waals surface area contributed by atoms with Gasteiger partial charge in [0.05, 0.1) is 54.0 Å². The van der Waals surface area contributed by atoms with Crippen LogP contribution in [0.2, 0.25) is 5.02 Å². The van der Waals surface area contributed by atoms with Crippen LogP contribution in [0, 0.1) is 11.7 Å². The van der Waals surface area contributed by atoms with Crippen LogP contribution in [0.3, 0.4) is 0 Å². The Morgan fingerprint density at radius 2 is 1.94 bits per heavy atom. The number of likely N-dealkylation sites (tertiary alicyclic amines) is 1. The number of ether oxygens (including phenoxy) is 2. The Balaban J connectivity index is 0.000000418. The Kier molecular flexibility index (Phi) is 10.7. The molecule has 0 bridgehead atoms. The van der Waals surface area contributed by atoms with E-state index in [4.69, 9.17) is 26.8 Å². The molecule has 3 fully saturated rings. The summed E-state index contributed by atoms with van der Waals surface area (Å²) in [5.41, 5.74) is 4.99. The van der Waals surface area contributed by atoms with Gasteiger partial charge in [-0.1, -0.05) is 11.6 Å². The smallest absolute Gasteiger partial charge is 0.416 e. The second kappa shape index (κ2) is 15.1. The topological polar surface area (TPSA) is 135 Å². The zero-order valence-corrected chi connectivity index (χ0v) is 30.0. The average Bonchev–Trinajstić information content (AvgIpc) is 3.90. The van der Waals surface area contributed by atoms with Crippen molar-refractivity contribution in [3.63, 3.8) is 0 Å². The maximum Gasteiger partial charge on any atom is 0.416 e. The number of benzene rings is 1. The number of anilines is 2. The van der Waals surface area contributed by atoms with Crippen LogP contribution in [-0.2, 0) is 37.0 Å². The molecule has 4 atom stereocenters. The third-order valence-electron chi connectivity index (χ3n) is 10.8. The van der Waals surface area contributed by atoms with E-state index in [1.807, 2.05) is 4.90 Å². The SMILES string of the molecule is COc1nc2c(c(N3CCCn4nc(C(=O)N5CCC(CO)C5)c(Cl)c4C3)n1)COC(c1c(C(F)(F)F)ccc(N)c1F)C2.FC1CC2CCCN2C1. The Hall–Kier alpha value is -3.80. The number of hydrogen-bond donors (Lipinski definition) is 2. The minimum atomic E-state index is -4.83. The lowest BCUT2D eigenvalue weighted by atomic mass is 9.94. The molecule has 0 spiro atoms. The molecule has 0 radical (unpaired) electrons. The number of amides is 1. The highest BCUT2D eigenvalue weighted by molar-refractivity contribution is 6.34. The van der Waals surface area contributed by atoms with Crippen molar-refractivity contribution < 1.29 is 41.3 Å².